The third kappa shape index (κ3) is 5.73. The Balaban J connectivity index is 2.82. The van der Waals surface area contributed by atoms with E-state index in [4.69, 9.17) is 0 Å². The summed E-state index contributed by atoms with van der Waals surface area (Å²) in [5, 5.41) is 8.67. The normalized spacial score (nSPS) is 20.4. The second-order valence-corrected chi connectivity index (χ2v) is 6.06. The predicted octanol–water partition coefficient (Wildman–Crippen LogP) is 0.571. The summed E-state index contributed by atoms with van der Waals surface area (Å²) in [5.74, 6) is 0.0736. The van der Waals surface area contributed by atoms with Gasteiger partial charge in [0.25, 0.3) is 0 Å². The molecule has 6 nitrogen and oxygen atoms in total. The fraction of sp³-hybridized carbons (Fsp3) is 0.800. The Morgan fingerprint density at radius 1 is 0.905 bits per heavy atom. The topological polar surface area (TPSA) is 87.3 Å². The highest BCUT2D eigenvalue weighted by Gasteiger charge is 2.40. The van der Waals surface area contributed by atoms with Crippen molar-refractivity contribution in [2.75, 3.05) is 19.6 Å². The fourth-order valence-electron chi connectivity index (χ4n) is 3.09. The van der Waals surface area contributed by atoms with E-state index >= 15 is 0 Å². The minimum Gasteiger partial charge on any atom is -0.356 e. The molecule has 0 bridgehead atoms. The molecular weight excluding hydrogens is 270 g/mol. The number of hydrogen-bond acceptors (Lipinski definition) is 3. The molecule has 0 aromatic rings. The minimum absolute atomic E-state index is 0.0477. The van der Waals surface area contributed by atoms with Crippen LogP contribution in [0.2, 0.25) is 0 Å². The molecule has 120 valence electrons. The Labute approximate surface area is 126 Å². The molecule has 1 atom stereocenters. The van der Waals surface area contributed by atoms with Gasteiger partial charge in [0, 0.05) is 45.8 Å². The second kappa shape index (κ2) is 8.00. The van der Waals surface area contributed by atoms with Gasteiger partial charge in [-0.2, -0.15) is 0 Å². The van der Waals surface area contributed by atoms with E-state index in [1.807, 2.05) is 0 Å². The Hall–Kier alpha value is -1.59. The van der Waals surface area contributed by atoms with Crippen LogP contribution in [0.4, 0.5) is 0 Å². The zero-order valence-electron chi connectivity index (χ0n) is 13.3. The van der Waals surface area contributed by atoms with Gasteiger partial charge in [-0.25, -0.2) is 0 Å². The van der Waals surface area contributed by atoms with Crippen LogP contribution in [0.1, 0.15) is 46.5 Å². The van der Waals surface area contributed by atoms with E-state index in [1.165, 1.54) is 20.8 Å². The Bertz CT molecular complexity index is 378. The number of hydrogen-bond donors (Lipinski definition) is 3. The van der Waals surface area contributed by atoms with Gasteiger partial charge in [-0.15, -0.1) is 0 Å². The third-order valence-electron chi connectivity index (χ3n) is 4.32. The van der Waals surface area contributed by atoms with E-state index in [9.17, 15) is 14.4 Å². The largest absolute Gasteiger partial charge is 0.356 e. The molecule has 1 rings (SSSR count). The molecule has 21 heavy (non-hydrogen) atoms. The highest BCUT2D eigenvalue weighted by Crippen LogP contribution is 2.40. The Morgan fingerprint density at radius 2 is 1.43 bits per heavy atom. The molecular formula is C15H27N3O3. The van der Waals surface area contributed by atoms with Crippen LogP contribution in [0.3, 0.4) is 0 Å². The van der Waals surface area contributed by atoms with Crippen LogP contribution in [0.25, 0.3) is 0 Å². The number of carbonyl (C=O) groups is 3. The van der Waals surface area contributed by atoms with Gasteiger partial charge in [0.15, 0.2) is 0 Å². The lowest BCUT2D eigenvalue weighted by atomic mass is 9.65. The quantitative estimate of drug-likeness (QED) is 0.670. The molecule has 0 aliphatic heterocycles. The number of nitrogens with one attached hydrogen (secondary N) is 3. The molecule has 1 aliphatic carbocycles. The molecule has 0 heterocycles. The molecule has 0 aromatic heterocycles. The summed E-state index contributed by atoms with van der Waals surface area (Å²) in [6.07, 6.45) is 4.14. The summed E-state index contributed by atoms with van der Waals surface area (Å²) in [4.78, 5) is 33.7. The predicted molar refractivity (Wildman–Crippen MR) is 80.4 cm³/mol. The van der Waals surface area contributed by atoms with Gasteiger partial charge in [0.05, 0.1) is 0 Å². The molecule has 3 amide bonds. The Morgan fingerprint density at radius 3 is 1.90 bits per heavy atom. The van der Waals surface area contributed by atoms with Crippen molar-refractivity contribution in [3.05, 3.63) is 0 Å². The van der Waals surface area contributed by atoms with Crippen molar-refractivity contribution in [1.82, 2.24) is 16.0 Å². The number of rotatable bonds is 6. The maximum atomic E-state index is 11.3. The van der Waals surface area contributed by atoms with Crippen molar-refractivity contribution >= 4 is 17.7 Å². The van der Waals surface area contributed by atoms with E-state index < -0.39 is 0 Å². The summed E-state index contributed by atoms with van der Waals surface area (Å²) in [6, 6.07) is 0. The average molecular weight is 297 g/mol. The van der Waals surface area contributed by atoms with Crippen molar-refractivity contribution in [3.8, 4) is 0 Å². The van der Waals surface area contributed by atoms with Crippen molar-refractivity contribution in [1.29, 1.82) is 0 Å². The first-order chi connectivity index (χ1) is 9.85. The van der Waals surface area contributed by atoms with Gasteiger partial charge in [-0.3, -0.25) is 14.4 Å². The molecule has 0 spiro atoms. The van der Waals surface area contributed by atoms with Crippen LogP contribution >= 0.6 is 0 Å². The molecule has 1 fully saturated rings. The molecule has 6 heteroatoms. The summed E-state index contributed by atoms with van der Waals surface area (Å²) in [6.45, 7) is 6.16. The maximum Gasteiger partial charge on any atom is 0.216 e. The second-order valence-electron chi connectivity index (χ2n) is 6.06. The molecule has 0 saturated heterocycles. The van der Waals surface area contributed by atoms with E-state index in [1.54, 1.807) is 0 Å². The summed E-state index contributed by atoms with van der Waals surface area (Å²) in [5.41, 5.74) is -0.183. The van der Waals surface area contributed by atoms with Crippen molar-refractivity contribution in [3.63, 3.8) is 0 Å². The molecule has 1 unspecified atom stereocenters. The van der Waals surface area contributed by atoms with Crippen LogP contribution in [0, 0.1) is 11.3 Å². The fourth-order valence-corrected chi connectivity index (χ4v) is 3.09. The summed E-state index contributed by atoms with van der Waals surface area (Å²) >= 11 is 0. The van der Waals surface area contributed by atoms with E-state index in [2.05, 4.69) is 16.0 Å². The lowest BCUT2D eigenvalue weighted by Gasteiger charge is -2.44. The number of amides is 3. The van der Waals surface area contributed by atoms with Crippen molar-refractivity contribution in [2.24, 2.45) is 11.3 Å². The van der Waals surface area contributed by atoms with Gasteiger partial charge in [-0.05, 0) is 18.8 Å². The van der Waals surface area contributed by atoms with Crippen LogP contribution in [0.15, 0.2) is 0 Å². The van der Waals surface area contributed by atoms with Crippen molar-refractivity contribution < 1.29 is 14.4 Å². The van der Waals surface area contributed by atoms with E-state index in [0.29, 0.717) is 19.6 Å². The summed E-state index contributed by atoms with van der Waals surface area (Å²) < 4.78 is 0. The molecule has 1 saturated carbocycles. The molecule has 3 N–H and O–H groups in total. The zero-order valence-corrected chi connectivity index (χ0v) is 13.3. The highest BCUT2D eigenvalue weighted by molar-refractivity contribution is 5.74. The van der Waals surface area contributed by atoms with Crippen LogP contribution < -0.4 is 16.0 Å². The van der Waals surface area contributed by atoms with Gasteiger partial charge < -0.3 is 16.0 Å². The summed E-state index contributed by atoms with van der Waals surface area (Å²) in [7, 11) is 0. The average Bonchev–Trinajstić information content (AvgIpc) is 2.41. The van der Waals surface area contributed by atoms with Crippen LogP contribution in [-0.4, -0.2) is 37.4 Å². The number of carbonyl (C=O) groups excluding carboxylic acids is 3. The van der Waals surface area contributed by atoms with Gasteiger partial charge >= 0.3 is 0 Å². The lowest BCUT2D eigenvalue weighted by molar-refractivity contribution is -0.122. The first-order valence-electron chi connectivity index (χ1n) is 7.59. The van der Waals surface area contributed by atoms with Crippen LogP contribution in [-0.2, 0) is 14.4 Å². The van der Waals surface area contributed by atoms with Gasteiger partial charge in [0.1, 0.15) is 0 Å². The van der Waals surface area contributed by atoms with E-state index in [0.717, 1.165) is 25.7 Å². The standard InChI is InChI=1S/C15H27N3O3/c1-11(19)16-8-14-6-4-5-7-15(14,9-17-12(2)20)10-18-13(3)21/h14H,4-10H2,1-3H3,(H,16,19)(H,17,20)(H,18,21). The van der Waals surface area contributed by atoms with Crippen LogP contribution in [0.5, 0.6) is 0 Å². The third-order valence-corrected chi connectivity index (χ3v) is 4.32. The van der Waals surface area contributed by atoms with Gasteiger partial charge in [0.2, 0.25) is 17.7 Å². The Kier molecular flexibility index (Phi) is 6.65. The first-order valence-corrected chi connectivity index (χ1v) is 7.59. The first kappa shape index (κ1) is 17.5. The van der Waals surface area contributed by atoms with Crippen molar-refractivity contribution in [2.45, 2.75) is 46.5 Å². The smallest absolute Gasteiger partial charge is 0.216 e. The zero-order chi connectivity index (χ0) is 15.9. The SMILES string of the molecule is CC(=O)NCC1CCCCC1(CNC(C)=O)CNC(C)=O. The highest BCUT2D eigenvalue weighted by atomic mass is 16.2. The maximum absolute atomic E-state index is 11.3. The molecule has 0 radical (unpaired) electrons. The van der Waals surface area contributed by atoms with Gasteiger partial charge in [-0.1, -0.05) is 12.8 Å². The minimum atomic E-state index is -0.183. The lowest BCUT2D eigenvalue weighted by Crippen LogP contribution is -2.53. The monoisotopic (exact) mass is 297 g/mol. The molecule has 1 aliphatic rings. The molecule has 0 aromatic carbocycles. The van der Waals surface area contributed by atoms with E-state index in [-0.39, 0.29) is 29.1 Å².